The van der Waals surface area contributed by atoms with Crippen LogP contribution in [0.1, 0.15) is 60.7 Å². The van der Waals surface area contributed by atoms with E-state index in [4.69, 9.17) is 9.26 Å². The summed E-state index contributed by atoms with van der Waals surface area (Å²) >= 11 is 0. The number of carbonyl (C=O) groups excluding carboxylic acids is 2. The Morgan fingerprint density at radius 2 is 2.05 bits per heavy atom. The van der Waals surface area contributed by atoms with Gasteiger partial charge < -0.3 is 14.2 Å². The Hall–Kier alpha value is -1.85. The zero-order valence-electron chi connectivity index (χ0n) is 12.2. The van der Waals surface area contributed by atoms with E-state index >= 15 is 0 Å². The zero-order valence-corrected chi connectivity index (χ0v) is 12.2. The Morgan fingerprint density at radius 1 is 1.33 bits per heavy atom. The molecule has 6 nitrogen and oxygen atoms in total. The van der Waals surface area contributed by atoms with Crippen LogP contribution in [0.4, 0.5) is 0 Å². The third kappa shape index (κ3) is 3.09. The molecule has 0 atom stereocenters. The molecule has 1 aromatic heterocycles. The summed E-state index contributed by atoms with van der Waals surface area (Å²) in [5.74, 6) is 0.562. The Kier molecular flexibility index (Phi) is 3.94. The fourth-order valence-corrected chi connectivity index (χ4v) is 2.88. The molecule has 1 aromatic rings. The Labute approximate surface area is 123 Å². The minimum atomic E-state index is -0.402. The second-order valence-electron chi connectivity index (χ2n) is 5.84. The van der Waals surface area contributed by atoms with Gasteiger partial charge in [-0.05, 0) is 25.7 Å². The molecule has 0 unspecified atom stereocenters. The van der Waals surface area contributed by atoms with Crippen molar-refractivity contribution in [1.29, 1.82) is 0 Å². The summed E-state index contributed by atoms with van der Waals surface area (Å²) in [6.45, 7) is -0.0222. The monoisotopic (exact) mass is 292 g/mol. The first-order chi connectivity index (χ1) is 10.2. The van der Waals surface area contributed by atoms with E-state index in [9.17, 15) is 9.59 Å². The van der Waals surface area contributed by atoms with Gasteiger partial charge in [0.1, 0.15) is 12.3 Å². The summed E-state index contributed by atoms with van der Waals surface area (Å²) in [6, 6.07) is 1.82. The van der Waals surface area contributed by atoms with Gasteiger partial charge in [-0.2, -0.15) is 0 Å². The maximum atomic E-state index is 12.6. The van der Waals surface area contributed by atoms with Crippen LogP contribution in [-0.4, -0.2) is 41.6 Å². The average Bonchev–Trinajstić information content (AvgIpc) is 3.02. The van der Waals surface area contributed by atoms with Gasteiger partial charge in [-0.25, -0.2) is 0 Å². The van der Waals surface area contributed by atoms with Crippen molar-refractivity contribution in [1.82, 2.24) is 10.1 Å². The van der Waals surface area contributed by atoms with Gasteiger partial charge in [0.25, 0.3) is 5.91 Å². The molecular weight excluding hydrogens is 272 g/mol. The molecule has 2 fully saturated rings. The van der Waals surface area contributed by atoms with E-state index in [2.05, 4.69) is 5.16 Å². The lowest BCUT2D eigenvalue weighted by Gasteiger charge is -2.26. The number of aromatic nitrogens is 1. The molecule has 0 radical (unpaired) electrons. The van der Waals surface area contributed by atoms with E-state index in [1.165, 1.54) is 7.11 Å². The number of carbonyl (C=O) groups is 2. The summed E-state index contributed by atoms with van der Waals surface area (Å²) in [5, 5.41) is 3.88. The third-order valence-electron chi connectivity index (χ3n) is 4.28. The Balaban J connectivity index is 1.76. The second kappa shape index (κ2) is 5.87. The summed E-state index contributed by atoms with van der Waals surface area (Å²) in [6.07, 6.45) is 6.21. The summed E-state index contributed by atoms with van der Waals surface area (Å²) in [4.78, 5) is 25.8. The second-order valence-corrected chi connectivity index (χ2v) is 5.84. The number of nitrogens with zero attached hydrogens (tertiary/aromatic N) is 2. The maximum absolute atomic E-state index is 12.6. The number of methoxy groups -OCH3 is 1. The fourth-order valence-electron chi connectivity index (χ4n) is 2.88. The molecule has 0 bridgehead atoms. The quantitative estimate of drug-likeness (QED) is 0.777. The number of hydrogen-bond acceptors (Lipinski definition) is 5. The van der Waals surface area contributed by atoms with Crippen LogP contribution in [0.5, 0.6) is 0 Å². The number of rotatable bonds is 5. The van der Waals surface area contributed by atoms with Crippen LogP contribution < -0.4 is 0 Å². The molecule has 21 heavy (non-hydrogen) atoms. The van der Waals surface area contributed by atoms with Crippen LogP contribution in [0, 0.1) is 0 Å². The van der Waals surface area contributed by atoms with Gasteiger partial charge in [-0.1, -0.05) is 18.0 Å². The van der Waals surface area contributed by atoms with Crippen LogP contribution in [0.15, 0.2) is 10.6 Å². The molecule has 0 N–H and O–H groups in total. The number of esters is 1. The molecule has 1 heterocycles. The van der Waals surface area contributed by atoms with Crippen molar-refractivity contribution in [2.24, 2.45) is 0 Å². The Morgan fingerprint density at radius 3 is 2.67 bits per heavy atom. The first-order valence-electron chi connectivity index (χ1n) is 7.53. The molecule has 2 aliphatic rings. The van der Waals surface area contributed by atoms with E-state index in [1.54, 1.807) is 11.0 Å². The van der Waals surface area contributed by atoms with E-state index in [0.717, 1.165) is 44.3 Å². The fraction of sp³-hybridized carbons (Fsp3) is 0.667. The van der Waals surface area contributed by atoms with Crippen LogP contribution in [0.2, 0.25) is 0 Å². The standard InChI is InChI=1S/C15H20N2O4/c1-20-14(18)9-17(11-4-2-3-5-11)15(19)12-8-13(21-16-12)10-6-7-10/h8,10-11H,2-7,9H2,1H3. The topological polar surface area (TPSA) is 72.6 Å². The largest absolute Gasteiger partial charge is 0.468 e. The molecular formula is C15H20N2O4. The summed E-state index contributed by atoms with van der Waals surface area (Å²) in [7, 11) is 1.33. The molecule has 0 spiro atoms. The zero-order chi connectivity index (χ0) is 14.8. The van der Waals surface area contributed by atoms with Crippen molar-refractivity contribution >= 4 is 11.9 Å². The third-order valence-corrected chi connectivity index (χ3v) is 4.28. The van der Waals surface area contributed by atoms with Crippen molar-refractivity contribution < 1.29 is 18.8 Å². The van der Waals surface area contributed by atoms with Crippen LogP contribution in [0.3, 0.4) is 0 Å². The van der Waals surface area contributed by atoms with E-state index in [1.807, 2.05) is 0 Å². The summed E-state index contributed by atoms with van der Waals surface area (Å²) in [5.41, 5.74) is 0.299. The molecule has 0 aliphatic heterocycles. The Bertz CT molecular complexity index is 530. The van der Waals surface area contributed by atoms with E-state index < -0.39 is 5.97 Å². The molecule has 3 rings (SSSR count). The molecule has 0 aromatic carbocycles. The maximum Gasteiger partial charge on any atom is 0.325 e. The van der Waals surface area contributed by atoms with Gasteiger partial charge in [-0.3, -0.25) is 9.59 Å². The predicted molar refractivity (Wildman–Crippen MR) is 73.8 cm³/mol. The predicted octanol–water partition coefficient (Wildman–Crippen LogP) is 2.11. The SMILES string of the molecule is COC(=O)CN(C(=O)c1cc(C2CC2)on1)C1CCCC1. The van der Waals surface area contributed by atoms with E-state index in [-0.39, 0.29) is 18.5 Å². The summed E-state index contributed by atoms with van der Waals surface area (Å²) < 4.78 is 9.94. The van der Waals surface area contributed by atoms with Crippen molar-refractivity contribution in [3.8, 4) is 0 Å². The first kappa shape index (κ1) is 14.1. The van der Waals surface area contributed by atoms with Gasteiger partial charge in [0.05, 0.1) is 7.11 Å². The highest BCUT2D eigenvalue weighted by Crippen LogP contribution is 2.40. The van der Waals surface area contributed by atoms with Gasteiger partial charge >= 0.3 is 5.97 Å². The minimum absolute atomic E-state index is 0.0222. The van der Waals surface area contributed by atoms with Gasteiger partial charge in [0.2, 0.25) is 0 Å². The van der Waals surface area contributed by atoms with Crippen molar-refractivity contribution in [3.63, 3.8) is 0 Å². The molecule has 2 aliphatic carbocycles. The minimum Gasteiger partial charge on any atom is -0.468 e. The normalized spacial score (nSPS) is 18.7. The lowest BCUT2D eigenvalue weighted by Crippen LogP contribution is -2.42. The highest BCUT2D eigenvalue weighted by Gasteiger charge is 2.33. The smallest absolute Gasteiger partial charge is 0.325 e. The molecule has 114 valence electrons. The highest BCUT2D eigenvalue weighted by atomic mass is 16.5. The molecule has 0 saturated heterocycles. The van der Waals surface area contributed by atoms with Gasteiger partial charge in [0.15, 0.2) is 5.69 Å². The van der Waals surface area contributed by atoms with Crippen LogP contribution >= 0.6 is 0 Å². The van der Waals surface area contributed by atoms with Gasteiger partial charge in [0, 0.05) is 18.0 Å². The number of ether oxygens (including phenoxy) is 1. The molecule has 6 heteroatoms. The van der Waals surface area contributed by atoms with Crippen LogP contribution in [0.25, 0.3) is 0 Å². The van der Waals surface area contributed by atoms with E-state index in [0.29, 0.717) is 11.6 Å². The lowest BCUT2D eigenvalue weighted by molar-refractivity contribution is -0.141. The lowest BCUT2D eigenvalue weighted by atomic mass is 10.2. The molecule has 1 amide bonds. The number of hydrogen-bond donors (Lipinski definition) is 0. The number of amides is 1. The average molecular weight is 292 g/mol. The van der Waals surface area contributed by atoms with Crippen molar-refractivity contribution in [3.05, 3.63) is 17.5 Å². The van der Waals surface area contributed by atoms with Gasteiger partial charge in [-0.15, -0.1) is 0 Å². The first-order valence-corrected chi connectivity index (χ1v) is 7.53. The van der Waals surface area contributed by atoms with Crippen molar-refractivity contribution in [2.45, 2.75) is 50.5 Å². The van der Waals surface area contributed by atoms with Crippen molar-refractivity contribution in [2.75, 3.05) is 13.7 Å². The van der Waals surface area contributed by atoms with Crippen LogP contribution in [-0.2, 0) is 9.53 Å². The molecule has 2 saturated carbocycles. The highest BCUT2D eigenvalue weighted by molar-refractivity contribution is 5.94.